The highest BCUT2D eigenvalue weighted by Crippen LogP contribution is 2.20. The van der Waals surface area contributed by atoms with E-state index < -0.39 is 0 Å². The highest BCUT2D eigenvalue weighted by Gasteiger charge is 2.10. The fourth-order valence-electron chi connectivity index (χ4n) is 2.41. The van der Waals surface area contributed by atoms with Gasteiger partial charge in [-0.1, -0.05) is 48.0 Å². The maximum atomic E-state index is 5.77. The van der Waals surface area contributed by atoms with Crippen molar-refractivity contribution >= 4 is 12.0 Å². The first kappa shape index (κ1) is 16.8. The Morgan fingerprint density at radius 2 is 1.75 bits per heavy atom. The van der Waals surface area contributed by atoms with Gasteiger partial charge in [-0.15, -0.1) is 0 Å². The average molecular weight is 339 g/mol. The Bertz CT molecular complexity index is 766. The summed E-state index contributed by atoms with van der Waals surface area (Å²) in [4.78, 5) is 5.72. The van der Waals surface area contributed by atoms with Crippen molar-refractivity contribution < 1.29 is 8.60 Å². The molecule has 0 N–H and O–H groups in total. The molecule has 0 saturated heterocycles. The van der Waals surface area contributed by atoms with Gasteiger partial charge in [0.05, 0.1) is 12.3 Å². The number of nitrogens with zero attached hydrogens (tertiary/aromatic N) is 1. The molecule has 0 fully saturated rings. The molecule has 24 heavy (non-hydrogen) atoms. The van der Waals surface area contributed by atoms with Gasteiger partial charge in [0.2, 0.25) is 0 Å². The van der Waals surface area contributed by atoms with E-state index in [0.717, 1.165) is 35.1 Å². The van der Waals surface area contributed by atoms with Crippen molar-refractivity contribution in [2.24, 2.45) is 0 Å². The van der Waals surface area contributed by atoms with Crippen molar-refractivity contribution in [3.63, 3.8) is 0 Å². The molecule has 124 valence electrons. The average Bonchev–Trinajstić information content (AvgIpc) is 2.93. The van der Waals surface area contributed by atoms with Crippen molar-refractivity contribution in [1.29, 1.82) is 0 Å². The summed E-state index contributed by atoms with van der Waals surface area (Å²) in [6, 6.07) is 18.6. The van der Waals surface area contributed by atoms with Crippen LogP contribution in [0.15, 0.2) is 63.9 Å². The fourth-order valence-corrected chi connectivity index (χ4v) is 2.96. The molecule has 0 aliphatic heterocycles. The Kier molecular flexibility index (Phi) is 5.72. The molecule has 0 spiro atoms. The molecule has 0 aliphatic carbocycles. The number of hydrogen-bond acceptors (Lipinski definition) is 4. The van der Waals surface area contributed by atoms with Gasteiger partial charge in [0, 0.05) is 29.8 Å². The number of hydrogen-bond donors (Lipinski definition) is 0. The zero-order chi connectivity index (χ0) is 16.8. The largest absolute Gasteiger partial charge is 0.445 e. The maximum Gasteiger partial charge on any atom is 0.199 e. The topological polar surface area (TPSA) is 35.3 Å². The van der Waals surface area contributed by atoms with Crippen LogP contribution in [-0.2, 0) is 17.0 Å². The molecule has 0 saturated carbocycles. The first-order valence-corrected chi connectivity index (χ1v) is 8.80. The second-order valence-electron chi connectivity index (χ2n) is 5.74. The summed E-state index contributed by atoms with van der Waals surface area (Å²) >= 11 is 1.41. The van der Waals surface area contributed by atoms with Crippen LogP contribution in [0.2, 0.25) is 0 Å². The minimum absolute atomic E-state index is 0.608. The third kappa shape index (κ3) is 4.73. The van der Waals surface area contributed by atoms with Crippen LogP contribution in [0.4, 0.5) is 0 Å². The van der Waals surface area contributed by atoms with E-state index >= 15 is 0 Å². The Hall–Kier alpha value is -2.04. The molecule has 0 bridgehead atoms. The van der Waals surface area contributed by atoms with Gasteiger partial charge in [-0.05, 0) is 31.5 Å². The summed E-state index contributed by atoms with van der Waals surface area (Å²) in [5.74, 6) is 1.64. The predicted octanol–water partition coefficient (Wildman–Crippen LogP) is 5.15. The summed E-state index contributed by atoms with van der Waals surface area (Å²) in [6.45, 7) is 4.65. The minimum atomic E-state index is 0.608. The van der Waals surface area contributed by atoms with Gasteiger partial charge in [0.25, 0.3) is 0 Å². The van der Waals surface area contributed by atoms with E-state index in [0.29, 0.717) is 6.61 Å². The van der Waals surface area contributed by atoms with Gasteiger partial charge in [0.15, 0.2) is 5.89 Å². The van der Waals surface area contributed by atoms with Crippen molar-refractivity contribution in [3.05, 3.63) is 83.1 Å². The Morgan fingerprint density at radius 1 is 1.00 bits per heavy atom. The van der Waals surface area contributed by atoms with Crippen LogP contribution in [0, 0.1) is 13.8 Å². The van der Waals surface area contributed by atoms with Crippen molar-refractivity contribution in [2.75, 3.05) is 6.61 Å². The van der Waals surface area contributed by atoms with E-state index in [1.807, 2.05) is 25.1 Å². The fraction of sp³-hybridized carbons (Fsp3) is 0.250. The quantitative estimate of drug-likeness (QED) is 0.440. The lowest BCUT2D eigenvalue weighted by atomic mass is 10.1. The third-order valence-corrected chi connectivity index (χ3v) is 4.48. The number of aryl methyl sites for hydroxylation is 2. The molecule has 3 aromatic rings. The number of oxazole rings is 1. The number of benzene rings is 2. The van der Waals surface area contributed by atoms with Gasteiger partial charge in [-0.3, -0.25) is 0 Å². The first-order valence-electron chi connectivity index (χ1n) is 8.06. The van der Waals surface area contributed by atoms with Gasteiger partial charge in [0.1, 0.15) is 5.76 Å². The maximum absolute atomic E-state index is 5.77. The molecular formula is C20H21NO2S. The van der Waals surface area contributed by atoms with Crippen LogP contribution < -0.4 is 0 Å². The molecule has 0 unspecified atom stereocenters. The van der Waals surface area contributed by atoms with E-state index in [1.54, 1.807) is 0 Å². The van der Waals surface area contributed by atoms with E-state index in [9.17, 15) is 0 Å². The van der Waals surface area contributed by atoms with Crippen LogP contribution in [0.25, 0.3) is 0 Å². The van der Waals surface area contributed by atoms with E-state index in [2.05, 4.69) is 48.3 Å². The van der Waals surface area contributed by atoms with E-state index in [-0.39, 0.29) is 0 Å². The molecule has 0 atom stereocenters. The van der Waals surface area contributed by atoms with Gasteiger partial charge >= 0.3 is 0 Å². The molecule has 3 nitrogen and oxygen atoms in total. The molecule has 1 aromatic heterocycles. The van der Waals surface area contributed by atoms with Gasteiger partial charge in [-0.25, -0.2) is 4.98 Å². The molecule has 0 amide bonds. The lowest BCUT2D eigenvalue weighted by Crippen LogP contribution is -1.96. The molecule has 0 aliphatic rings. The molecule has 4 heteroatoms. The molecule has 3 rings (SSSR count). The summed E-state index contributed by atoms with van der Waals surface area (Å²) in [7, 11) is 0. The SMILES string of the molecule is Cc1ccc(SOCCc2nc(Cc3ccccc3)oc2C)cc1. The molecule has 0 radical (unpaired) electrons. The first-order chi connectivity index (χ1) is 11.7. The Balaban J connectivity index is 1.49. The monoisotopic (exact) mass is 339 g/mol. The highest BCUT2D eigenvalue weighted by atomic mass is 32.2. The van der Waals surface area contributed by atoms with Crippen molar-refractivity contribution in [2.45, 2.75) is 31.6 Å². The molecular weight excluding hydrogens is 318 g/mol. The van der Waals surface area contributed by atoms with Crippen LogP contribution in [0.3, 0.4) is 0 Å². The summed E-state index contributed by atoms with van der Waals surface area (Å²) < 4.78 is 11.5. The smallest absolute Gasteiger partial charge is 0.199 e. The van der Waals surface area contributed by atoms with Crippen LogP contribution in [0.1, 0.15) is 28.5 Å². The summed E-state index contributed by atoms with van der Waals surface area (Å²) in [5.41, 5.74) is 3.44. The van der Waals surface area contributed by atoms with E-state index in [4.69, 9.17) is 8.60 Å². The zero-order valence-corrected chi connectivity index (χ0v) is 14.8. The van der Waals surface area contributed by atoms with Crippen LogP contribution in [0.5, 0.6) is 0 Å². The summed E-state index contributed by atoms with van der Waals surface area (Å²) in [6.07, 6.45) is 1.48. The third-order valence-electron chi connectivity index (χ3n) is 3.73. The Morgan fingerprint density at radius 3 is 2.50 bits per heavy atom. The standard InChI is InChI=1S/C20H21NO2S/c1-15-8-10-18(11-9-15)24-22-13-12-19-16(2)23-20(21-19)14-17-6-4-3-5-7-17/h3-11H,12-14H2,1-2H3. The van der Waals surface area contributed by atoms with Crippen molar-refractivity contribution in [1.82, 2.24) is 4.98 Å². The minimum Gasteiger partial charge on any atom is -0.445 e. The Labute approximate surface area is 147 Å². The van der Waals surface area contributed by atoms with Crippen molar-refractivity contribution in [3.8, 4) is 0 Å². The van der Waals surface area contributed by atoms with Crippen LogP contribution >= 0.6 is 12.0 Å². The zero-order valence-electron chi connectivity index (χ0n) is 14.0. The predicted molar refractivity (Wildman–Crippen MR) is 97.2 cm³/mol. The molecule has 1 heterocycles. The number of rotatable bonds is 7. The van der Waals surface area contributed by atoms with Gasteiger partial charge in [-0.2, -0.15) is 0 Å². The van der Waals surface area contributed by atoms with Crippen LogP contribution in [-0.4, -0.2) is 11.6 Å². The lowest BCUT2D eigenvalue weighted by molar-refractivity contribution is 0.376. The second-order valence-corrected chi connectivity index (χ2v) is 6.61. The number of aromatic nitrogens is 1. The van der Waals surface area contributed by atoms with E-state index in [1.165, 1.54) is 23.2 Å². The molecule has 2 aromatic carbocycles. The lowest BCUT2D eigenvalue weighted by Gasteiger charge is -2.02. The van der Waals surface area contributed by atoms with Gasteiger partial charge < -0.3 is 8.60 Å². The summed E-state index contributed by atoms with van der Waals surface area (Å²) in [5, 5.41) is 0. The highest BCUT2D eigenvalue weighted by molar-refractivity contribution is 7.94. The second kappa shape index (κ2) is 8.18. The normalized spacial score (nSPS) is 10.9.